The third-order valence-electron chi connectivity index (χ3n) is 4.76. The minimum absolute atomic E-state index is 0.183. The van der Waals surface area contributed by atoms with Crippen LogP contribution in [0.25, 0.3) is 0 Å². The molecule has 0 fully saturated rings. The number of amides is 1. The normalized spacial score (nSPS) is 10.4. The molecule has 5 N–H and O–H groups in total. The Morgan fingerprint density at radius 2 is 1.52 bits per heavy atom. The molecule has 0 saturated carbocycles. The Labute approximate surface area is 180 Å². The number of hydrogen-bond acceptors (Lipinski definition) is 6. The molecule has 0 aliphatic rings. The number of anilines is 6. The summed E-state index contributed by atoms with van der Waals surface area (Å²) in [6.07, 6.45) is 5.10. The van der Waals surface area contributed by atoms with Gasteiger partial charge in [0.05, 0.1) is 0 Å². The van der Waals surface area contributed by atoms with E-state index >= 15 is 0 Å². The van der Waals surface area contributed by atoms with E-state index in [0.29, 0.717) is 17.1 Å². The summed E-state index contributed by atoms with van der Waals surface area (Å²) in [6, 6.07) is 20.4. The lowest BCUT2D eigenvalue weighted by Gasteiger charge is -2.12. The van der Waals surface area contributed by atoms with Crippen LogP contribution in [0.5, 0.6) is 0 Å². The standard InChI is InChI=1S/C24H22N6O/c1-16-22(11-14-27-23(16)25)29-20-3-2-4-21(15-20)30-24(31)17-5-7-18(8-6-17)28-19-9-12-26-13-10-19/h2-15H,1H3,(H,26,28)(H,30,31)(H3,25,27,29). The van der Waals surface area contributed by atoms with Gasteiger partial charge in [0.25, 0.3) is 5.91 Å². The number of pyridine rings is 2. The molecule has 0 radical (unpaired) electrons. The van der Waals surface area contributed by atoms with E-state index in [1.54, 1.807) is 30.7 Å². The second-order valence-corrected chi connectivity index (χ2v) is 6.97. The predicted molar refractivity (Wildman–Crippen MR) is 125 cm³/mol. The second kappa shape index (κ2) is 8.96. The van der Waals surface area contributed by atoms with Crippen LogP contribution in [-0.2, 0) is 0 Å². The van der Waals surface area contributed by atoms with Gasteiger partial charge in [-0.15, -0.1) is 0 Å². The van der Waals surface area contributed by atoms with Crippen LogP contribution >= 0.6 is 0 Å². The number of nitrogen functional groups attached to an aromatic ring is 1. The highest BCUT2D eigenvalue weighted by Crippen LogP contribution is 2.25. The zero-order valence-corrected chi connectivity index (χ0v) is 17.0. The Morgan fingerprint density at radius 1 is 0.806 bits per heavy atom. The second-order valence-electron chi connectivity index (χ2n) is 6.97. The molecule has 2 aromatic carbocycles. The fourth-order valence-corrected chi connectivity index (χ4v) is 3.03. The Morgan fingerprint density at radius 3 is 2.29 bits per heavy atom. The van der Waals surface area contributed by atoms with Gasteiger partial charge in [-0.05, 0) is 67.6 Å². The van der Waals surface area contributed by atoms with Crippen molar-refractivity contribution < 1.29 is 4.79 Å². The lowest BCUT2D eigenvalue weighted by molar-refractivity contribution is 0.102. The topological polar surface area (TPSA) is 105 Å². The number of nitrogens with two attached hydrogens (primary N) is 1. The number of carbonyl (C=O) groups excluding carboxylic acids is 1. The minimum Gasteiger partial charge on any atom is -0.383 e. The highest BCUT2D eigenvalue weighted by molar-refractivity contribution is 6.04. The van der Waals surface area contributed by atoms with E-state index in [1.807, 2.05) is 61.5 Å². The molecule has 0 aliphatic carbocycles. The molecular weight excluding hydrogens is 388 g/mol. The average Bonchev–Trinajstić information content (AvgIpc) is 2.78. The molecule has 0 atom stereocenters. The molecule has 4 aromatic rings. The molecule has 2 heterocycles. The summed E-state index contributed by atoms with van der Waals surface area (Å²) in [6.45, 7) is 1.91. The first kappa shape index (κ1) is 19.9. The van der Waals surface area contributed by atoms with Crippen LogP contribution in [0, 0.1) is 6.92 Å². The minimum atomic E-state index is -0.183. The van der Waals surface area contributed by atoms with Crippen molar-refractivity contribution in [1.82, 2.24) is 9.97 Å². The molecule has 0 bridgehead atoms. The zero-order chi connectivity index (χ0) is 21.6. The summed E-state index contributed by atoms with van der Waals surface area (Å²) in [5, 5.41) is 9.51. The molecule has 154 valence electrons. The van der Waals surface area contributed by atoms with Gasteiger partial charge in [0, 0.05) is 58.2 Å². The van der Waals surface area contributed by atoms with E-state index in [0.717, 1.165) is 28.3 Å². The van der Waals surface area contributed by atoms with E-state index in [9.17, 15) is 4.79 Å². The van der Waals surface area contributed by atoms with Crippen molar-refractivity contribution >= 4 is 40.2 Å². The van der Waals surface area contributed by atoms with Crippen LogP contribution in [0.2, 0.25) is 0 Å². The molecule has 7 heteroatoms. The van der Waals surface area contributed by atoms with Crippen LogP contribution in [0.15, 0.2) is 85.3 Å². The molecular formula is C24H22N6O. The van der Waals surface area contributed by atoms with Crippen LogP contribution in [0.3, 0.4) is 0 Å². The van der Waals surface area contributed by atoms with Gasteiger partial charge >= 0.3 is 0 Å². The van der Waals surface area contributed by atoms with Crippen LogP contribution in [0.1, 0.15) is 15.9 Å². The van der Waals surface area contributed by atoms with Crippen molar-refractivity contribution in [2.24, 2.45) is 0 Å². The molecule has 0 saturated heterocycles. The Kier molecular flexibility index (Phi) is 5.75. The average molecular weight is 410 g/mol. The van der Waals surface area contributed by atoms with Gasteiger partial charge in [0.1, 0.15) is 5.82 Å². The summed E-state index contributed by atoms with van der Waals surface area (Å²) in [5.74, 6) is 0.299. The quantitative estimate of drug-likeness (QED) is 0.352. The van der Waals surface area contributed by atoms with Crippen LogP contribution < -0.4 is 21.7 Å². The van der Waals surface area contributed by atoms with Gasteiger partial charge < -0.3 is 21.7 Å². The number of carbonyl (C=O) groups is 1. The number of hydrogen-bond donors (Lipinski definition) is 4. The van der Waals surface area contributed by atoms with Crippen molar-refractivity contribution in [2.45, 2.75) is 6.92 Å². The largest absolute Gasteiger partial charge is 0.383 e. The third kappa shape index (κ3) is 4.97. The third-order valence-corrected chi connectivity index (χ3v) is 4.76. The van der Waals surface area contributed by atoms with E-state index in [-0.39, 0.29) is 5.91 Å². The summed E-state index contributed by atoms with van der Waals surface area (Å²) in [5.41, 5.74) is 11.5. The highest BCUT2D eigenvalue weighted by atomic mass is 16.1. The monoisotopic (exact) mass is 410 g/mol. The first-order valence-corrected chi connectivity index (χ1v) is 9.75. The molecule has 4 rings (SSSR count). The maximum Gasteiger partial charge on any atom is 0.255 e. The van der Waals surface area contributed by atoms with Crippen LogP contribution in [-0.4, -0.2) is 15.9 Å². The fraction of sp³-hybridized carbons (Fsp3) is 0.0417. The van der Waals surface area contributed by atoms with Crippen molar-refractivity contribution in [1.29, 1.82) is 0 Å². The highest BCUT2D eigenvalue weighted by Gasteiger charge is 2.08. The molecule has 0 aliphatic heterocycles. The van der Waals surface area contributed by atoms with Crippen molar-refractivity contribution in [2.75, 3.05) is 21.7 Å². The van der Waals surface area contributed by atoms with E-state index in [1.165, 1.54) is 0 Å². The molecule has 0 spiro atoms. The van der Waals surface area contributed by atoms with Gasteiger partial charge in [-0.2, -0.15) is 0 Å². The lowest BCUT2D eigenvalue weighted by Crippen LogP contribution is -2.12. The van der Waals surface area contributed by atoms with Crippen molar-refractivity contribution in [3.8, 4) is 0 Å². The molecule has 1 amide bonds. The van der Waals surface area contributed by atoms with E-state index in [4.69, 9.17) is 5.73 Å². The lowest BCUT2D eigenvalue weighted by atomic mass is 10.1. The number of nitrogens with one attached hydrogen (secondary N) is 3. The summed E-state index contributed by atoms with van der Waals surface area (Å²) >= 11 is 0. The predicted octanol–water partition coefficient (Wildman–Crippen LogP) is 5.11. The first-order chi connectivity index (χ1) is 15.1. The summed E-state index contributed by atoms with van der Waals surface area (Å²) in [7, 11) is 0. The number of rotatable bonds is 6. The number of nitrogens with zero attached hydrogens (tertiary/aromatic N) is 2. The van der Waals surface area contributed by atoms with Crippen molar-refractivity contribution in [3.63, 3.8) is 0 Å². The molecule has 31 heavy (non-hydrogen) atoms. The van der Waals surface area contributed by atoms with E-state index < -0.39 is 0 Å². The summed E-state index contributed by atoms with van der Waals surface area (Å²) < 4.78 is 0. The Hall–Kier alpha value is -4.39. The maximum absolute atomic E-state index is 12.7. The number of benzene rings is 2. The zero-order valence-electron chi connectivity index (χ0n) is 17.0. The van der Waals surface area contributed by atoms with Gasteiger partial charge in [-0.3, -0.25) is 9.78 Å². The SMILES string of the molecule is Cc1c(Nc2cccc(NC(=O)c3ccc(Nc4ccncc4)cc3)c2)ccnc1N. The maximum atomic E-state index is 12.7. The summed E-state index contributed by atoms with van der Waals surface area (Å²) in [4.78, 5) is 20.7. The van der Waals surface area contributed by atoms with E-state index in [2.05, 4.69) is 25.9 Å². The molecule has 0 unspecified atom stereocenters. The molecule has 2 aromatic heterocycles. The van der Waals surface area contributed by atoms with Gasteiger partial charge in [-0.25, -0.2) is 4.98 Å². The molecule has 7 nitrogen and oxygen atoms in total. The number of aromatic nitrogens is 2. The smallest absolute Gasteiger partial charge is 0.255 e. The first-order valence-electron chi connectivity index (χ1n) is 9.75. The fourth-order valence-electron chi connectivity index (χ4n) is 3.03. The van der Waals surface area contributed by atoms with Gasteiger partial charge in [0.2, 0.25) is 0 Å². The Bertz CT molecular complexity index is 1190. The Balaban J connectivity index is 1.42. The van der Waals surface area contributed by atoms with Gasteiger partial charge in [-0.1, -0.05) is 6.07 Å². The van der Waals surface area contributed by atoms with Crippen LogP contribution in [0.4, 0.5) is 34.3 Å². The van der Waals surface area contributed by atoms with Crippen molar-refractivity contribution in [3.05, 3.63) is 96.4 Å². The van der Waals surface area contributed by atoms with Gasteiger partial charge in [0.15, 0.2) is 0 Å².